The van der Waals surface area contributed by atoms with E-state index in [0.717, 1.165) is 17.9 Å². The molecule has 1 unspecified atom stereocenters. The Bertz CT molecular complexity index is 443. The molecule has 1 aliphatic carbocycles. The largest absolute Gasteiger partial charge is 0.316 e. The number of aryl methyl sites for hydroxylation is 1. The summed E-state index contributed by atoms with van der Waals surface area (Å²) < 4.78 is 13.2. The summed E-state index contributed by atoms with van der Waals surface area (Å²) in [5.41, 5.74) is 2.86. The van der Waals surface area contributed by atoms with Crippen molar-refractivity contribution in [1.29, 1.82) is 0 Å². The number of hydrogen-bond acceptors (Lipinski definition) is 1. The number of benzene rings is 1. The summed E-state index contributed by atoms with van der Waals surface area (Å²) in [5, 5.41) is 3.50. The summed E-state index contributed by atoms with van der Waals surface area (Å²) in [5.74, 6) is 0.615. The molecule has 0 radical (unpaired) electrons. The van der Waals surface area contributed by atoms with Crippen molar-refractivity contribution >= 4 is 0 Å². The second-order valence-corrected chi connectivity index (χ2v) is 7.17. The topological polar surface area (TPSA) is 12.0 Å². The van der Waals surface area contributed by atoms with Gasteiger partial charge in [0.05, 0.1) is 0 Å². The van der Waals surface area contributed by atoms with Gasteiger partial charge in [-0.25, -0.2) is 4.39 Å². The molecule has 1 N–H and O–H groups in total. The molecule has 0 aromatic heterocycles. The summed E-state index contributed by atoms with van der Waals surface area (Å²) in [6.07, 6.45) is 6.25. The molecule has 0 heterocycles. The predicted octanol–water partition coefficient (Wildman–Crippen LogP) is 4.48. The first-order chi connectivity index (χ1) is 9.41. The molecule has 0 saturated heterocycles. The van der Waals surface area contributed by atoms with E-state index < -0.39 is 0 Å². The molecule has 1 nitrogen and oxygen atoms in total. The zero-order valence-corrected chi connectivity index (χ0v) is 13.3. The average Bonchev–Trinajstić information content (AvgIpc) is 2.39. The normalized spacial score (nSPS) is 20.9. The minimum absolute atomic E-state index is 0.133. The van der Waals surface area contributed by atoms with E-state index in [-0.39, 0.29) is 5.82 Å². The van der Waals surface area contributed by atoms with Crippen LogP contribution in [-0.4, -0.2) is 13.1 Å². The molecule has 112 valence electrons. The molecule has 0 bridgehead atoms. The Hall–Kier alpha value is -0.890. The molecule has 0 aliphatic heterocycles. The van der Waals surface area contributed by atoms with Crippen LogP contribution in [-0.2, 0) is 6.42 Å². The molecule has 2 heteroatoms. The third kappa shape index (κ3) is 3.82. The lowest BCUT2D eigenvalue weighted by atomic mass is 9.70. The fraction of sp³-hybridized carbons (Fsp3) is 0.667. The standard InChI is InChI=1S/C18H28FN/c1-13-11-16(19)6-5-15(13)12-17(20-4)14-7-9-18(2,3)10-8-14/h5-6,11,14,17,20H,7-10,12H2,1-4H3. The summed E-state index contributed by atoms with van der Waals surface area (Å²) in [6.45, 7) is 6.76. The monoisotopic (exact) mass is 277 g/mol. The molecule has 2 rings (SSSR count). The lowest BCUT2D eigenvalue weighted by molar-refractivity contribution is 0.163. The molecular weight excluding hydrogens is 249 g/mol. The first kappa shape index (κ1) is 15.5. The van der Waals surface area contributed by atoms with E-state index in [1.807, 2.05) is 13.0 Å². The van der Waals surface area contributed by atoms with Crippen molar-refractivity contribution in [3.63, 3.8) is 0 Å². The molecule has 1 atom stereocenters. The summed E-state index contributed by atoms with van der Waals surface area (Å²) in [6, 6.07) is 5.68. The molecule has 1 aromatic carbocycles. The maximum Gasteiger partial charge on any atom is 0.123 e. The van der Waals surface area contributed by atoms with Crippen LogP contribution < -0.4 is 5.32 Å². The predicted molar refractivity (Wildman–Crippen MR) is 83.4 cm³/mol. The van der Waals surface area contributed by atoms with Gasteiger partial charge in [0.25, 0.3) is 0 Å². The van der Waals surface area contributed by atoms with E-state index in [9.17, 15) is 4.39 Å². The van der Waals surface area contributed by atoms with Crippen LogP contribution in [0.3, 0.4) is 0 Å². The highest BCUT2D eigenvalue weighted by molar-refractivity contribution is 5.27. The van der Waals surface area contributed by atoms with Gasteiger partial charge in [-0.2, -0.15) is 0 Å². The van der Waals surface area contributed by atoms with E-state index in [2.05, 4.69) is 26.2 Å². The quantitative estimate of drug-likeness (QED) is 0.855. The minimum Gasteiger partial charge on any atom is -0.316 e. The number of likely N-dealkylation sites (N-methyl/N-ethyl adjacent to an activating group) is 1. The van der Waals surface area contributed by atoms with Crippen LogP contribution in [0.5, 0.6) is 0 Å². The molecule has 1 saturated carbocycles. The summed E-state index contributed by atoms with van der Waals surface area (Å²) in [4.78, 5) is 0. The lowest BCUT2D eigenvalue weighted by Gasteiger charge is -2.38. The van der Waals surface area contributed by atoms with E-state index in [4.69, 9.17) is 0 Å². The SMILES string of the molecule is CNC(Cc1ccc(F)cc1C)C1CCC(C)(C)CC1. The molecule has 0 spiro atoms. The van der Waals surface area contributed by atoms with E-state index in [1.165, 1.54) is 31.2 Å². The first-order valence-corrected chi connectivity index (χ1v) is 7.83. The van der Waals surface area contributed by atoms with Gasteiger partial charge in [-0.1, -0.05) is 19.9 Å². The summed E-state index contributed by atoms with van der Waals surface area (Å²) in [7, 11) is 2.06. The van der Waals surface area contributed by atoms with Crippen molar-refractivity contribution in [3.05, 3.63) is 35.1 Å². The van der Waals surface area contributed by atoms with Gasteiger partial charge < -0.3 is 5.32 Å². The Morgan fingerprint density at radius 1 is 1.30 bits per heavy atom. The lowest BCUT2D eigenvalue weighted by Crippen LogP contribution is -2.39. The van der Waals surface area contributed by atoms with Gasteiger partial charge in [0.1, 0.15) is 5.82 Å². The number of halogens is 1. The molecule has 20 heavy (non-hydrogen) atoms. The van der Waals surface area contributed by atoms with Crippen LogP contribution in [0.25, 0.3) is 0 Å². The number of hydrogen-bond donors (Lipinski definition) is 1. The second-order valence-electron chi connectivity index (χ2n) is 7.17. The van der Waals surface area contributed by atoms with Crippen LogP contribution in [0.2, 0.25) is 0 Å². The first-order valence-electron chi connectivity index (χ1n) is 7.83. The molecule has 1 fully saturated rings. The zero-order valence-electron chi connectivity index (χ0n) is 13.3. The van der Waals surface area contributed by atoms with Gasteiger partial charge in [0, 0.05) is 6.04 Å². The zero-order chi connectivity index (χ0) is 14.8. The Morgan fingerprint density at radius 3 is 2.50 bits per heavy atom. The van der Waals surface area contributed by atoms with Gasteiger partial charge in [-0.05, 0) is 80.7 Å². The van der Waals surface area contributed by atoms with E-state index in [0.29, 0.717) is 11.5 Å². The average molecular weight is 277 g/mol. The van der Waals surface area contributed by atoms with Gasteiger partial charge in [-0.3, -0.25) is 0 Å². The number of nitrogens with one attached hydrogen (secondary N) is 1. The van der Waals surface area contributed by atoms with Crippen molar-refractivity contribution < 1.29 is 4.39 Å². The van der Waals surface area contributed by atoms with Crippen molar-refractivity contribution in [2.45, 2.75) is 58.9 Å². The smallest absolute Gasteiger partial charge is 0.123 e. The van der Waals surface area contributed by atoms with Gasteiger partial charge in [-0.15, -0.1) is 0 Å². The Labute approximate surface area is 123 Å². The fourth-order valence-corrected chi connectivity index (χ4v) is 3.45. The van der Waals surface area contributed by atoms with Crippen LogP contribution in [0.4, 0.5) is 4.39 Å². The van der Waals surface area contributed by atoms with Crippen molar-refractivity contribution in [2.75, 3.05) is 7.05 Å². The highest BCUT2D eigenvalue weighted by Gasteiger charge is 2.30. The Balaban J connectivity index is 2.02. The van der Waals surface area contributed by atoms with Gasteiger partial charge in [0.2, 0.25) is 0 Å². The second kappa shape index (κ2) is 6.26. The third-order valence-electron chi connectivity index (χ3n) is 5.07. The van der Waals surface area contributed by atoms with Crippen molar-refractivity contribution in [2.24, 2.45) is 11.3 Å². The van der Waals surface area contributed by atoms with Crippen molar-refractivity contribution in [1.82, 2.24) is 5.32 Å². The molecular formula is C18H28FN. The Morgan fingerprint density at radius 2 is 1.95 bits per heavy atom. The molecule has 1 aliphatic rings. The third-order valence-corrected chi connectivity index (χ3v) is 5.07. The summed E-state index contributed by atoms with van der Waals surface area (Å²) >= 11 is 0. The fourth-order valence-electron chi connectivity index (χ4n) is 3.45. The molecule has 1 aromatic rings. The van der Waals surface area contributed by atoms with E-state index >= 15 is 0 Å². The van der Waals surface area contributed by atoms with Gasteiger partial charge in [0.15, 0.2) is 0 Å². The highest BCUT2D eigenvalue weighted by Crippen LogP contribution is 2.39. The van der Waals surface area contributed by atoms with Crippen LogP contribution in [0.1, 0.15) is 50.7 Å². The number of rotatable bonds is 4. The van der Waals surface area contributed by atoms with Crippen LogP contribution in [0.15, 0.2) is 18.2 Å². The van der Waals surface area contributed by atoms with Gasteiger partial charge >= 0.3 is 0 Å². The maximum atomic E-state index is 13.2. The maximum absolute atomic E-state index is 13.2. The molecule has 0 amide bonds. The van der Waals surface area contributed by atoms with Crippen molar-refractivity contribution in [3.8, 4) is 0 Å². The van der Waals surface area contributed by atoms with Crippen LogP contribution >= 0.6 is 0 Å². The Kier molecular flexibility index (Phi) is 4.85. The minimum atomic E-state index is -0.133. The van der Waals surface area contributed by atoms with Crippen LogP contribution in [0, 0.1) is 24.1 Å². The van der Waals surface area contributed by atoms with E-state index in [1.54, 1.807) is 12.1 Å². The highest BCUT2D eigenvalue weighted by atomic mass is 19.1.